The van der Waals surface area contributed by atoms with Crippen molar-refractivity contribution in [1.29, 1.82) is 0 Å². The smallest absolute Gasteiger partial charge is 0.265 e. The standard InChI is InChI=1S/C24H23FN4O2/c1-15-23(31-13-3-12-26)28-22(18-8-11-21(27-2)20(25)14-18)29(24(15)30)19-9-6-17(7-10-19)16-4-5-16/h6-11,14,16H,3-5,12-13,26H2,1H3. The number of benzene rings is 2. The minimum absolute atomic E-state index is 0.0852. The van der Waals surface area contributed by atoms with Crippen LogP contribution in [0.2, 0.25) is 0 Å². The Morgan fingerprint density at radius 3 is 2.61 bits per heavy atom. The second-order valence-corrected chi connectivity index (χ2v) is 7.64. The Hall–Kier alpha value is -3.50. The summed E-state index contributed by atoms with van der Waals surface area (Å²) in [6, 6.07) is 12.0. The fourth-order valence-corrected chi connectivity index (χ4v) is 3.46. The quantitative estimate of drug-likeness (QED) is 0.453. The van der Waals surface area contributed by atoms with Crippen LogP contribution < -0.4 is 16.0 Å². The number of aromatic nitrogens is 2. The lowest BCUT2D eigenvalue weighted by Crippen LogP contribution is -2.25. The Balaban J connectivity index is 1.87. The molecule has 7 heteroatoms. The largest absolute Gasteiger partial charge is 0.477 e. The summed E-state index contributed by atoms with van der Waals surface area (Å²) in [5.74, 6) is 0.393. The first-order chi connectivity index (χ1) is 15.0. The highest BCUT2D eigenvalue weighted by molar-refractivity contribution is 5.64. The van der Waals surface area contributed by atoms with Crippen LogP contribution >= 0.6 is 0 Å². The van der Waals surface area contributed by atoms with E-state index in [1.807, 2.05) is 24.3 Å². The third kappa shape index (κ3) is 4.21. The molecular formula is C24H23FN4O2. The minimum Gasteiger partial charge on any atom is -0.477 e. The second-order valence-electron chi connectivity index (χ2n) is 7.64. The molecule has 0 radical (unpaired) electrons. The average molecular weight is 418 g/mol. The first-order valence-electron chi connectivity index (χ1n) is 10.3. The van der Waals surface area contributed by atoms with E-state index in [1.54, 1.807) is 13.0 Å². The molecule has 4 rings (SSSR count). The molecule has 2 aromatic carbocycles. The molecule has 0 atom stereocenters. The molecule has 0 unspecified atom stereocenters. The second kappa shape index (κ2) is 8.70. The maximum atomic E-state index is 14.4. The van der Waals surface area contributed by atoms with Crippen molar-refractivity contribution in [2.75, 3.05) is 13.2 Å². The number of hydrogen-bond acceptors (Lipinski definition) is 4. The number of rotatable bonds is 7. The Bertz CT molecular complexity index is 1210. The van der Waals surface area contributed by atoms with Gasteiger partial charge in [0.2, 0.25) is 11.6 Å². The zero-order valence-corrected chi connectivity index (χ0v) is 17.3. The first-order valence-corrected chi connectivity index (χ1v) is 10.3. The third-order valence-corrected chi connectivity index (χ3v) is 5.38. The summed E-state index contributed by atoms with van der Waals surface area (Å²) in [4.78, 5) is 21.1. The molecule has 6 nitrogen and oxygen atoms in total. The van der Waals surface area contributed by atoms with Crippen molar-refractivity contribution in [2.24, 2.45) is 5.73 Å². The van der Waals surface area contributed by atoms with E-state index in [1.165, 1.54) is 35.1 Å². The predicted octanol–water partition coefficient (Wildman–Crippen LogP) is 4.50. The van der Waals surface area contributed by atoms with Crippen molar-refractivity contribution in [3.63, 3.8) is 0 Å². The molecule has 1 aliphatic rings. The van der Waals surface area contributed by atoms with Crippen molar-refractivity contribution in [2.45, 2.75) is 32.1 Å². The summed E-state index contributed by atoms with van der Waals surface area (Å²) < 4.78 is 21.5. The van der Waals surface area contributed by atoms with Crippen molar-refractivity contribution < 1.29 is 9.13 Å². The SMILES string of the molecule is [C-]#[N+]c1ccc(-c2nc(OCCCN)c(C)c(=O)n2-c2ccc(C3CC3)cc2)cc1F. The van der Waals surface area contributed by atoms with Gasteiger partial charge in [-0.25, -0.2) is 9.24 Å². The zero-order valence-electron chi connectivity index (χ0n) is 17.3. The lowest BCUT2D eigenvalue weighted by Gasteiger charge is -2.17. The van der Waals surface area contributed by atoms with Gasteiger partial charge in [-0.2, -0.15) is 4.98 Å². The molecule has 1 saturated carbocycles. The summed E-state index contributed by atoms with van der Waals surface area (Å²) in [6.45, 7) is 9.52. The van der Waals surface area contributed by atoms with Crippen LogP contribution in [0, 0.1) is 19.3 Å². The predicted molar refractivity (Wildman–Crippen MR) is 117 cm³/mol. The molecular weight excluding hydrogens is 395 g/mol. The summed E-state index contributed by atoms with van der Waals surface area (Å²) in [5, 5.41) is 0. The zero-order chi connectivity index (χ0) is 22.0. The van der Waals surface area contributed by atoms with Gasteiger partial charge in [0.1, 0.15) is 5.82 Å². The number of hydrogen-bond donors (Lipinski definition) is 1. The van der Waals surface area contributed by atoms with Gasteiger partial charge in [-0.3, -0.25) is 9.36 Å². The fraction of sp³-hybridized carbons (Fsp3) is 0.292. The molecule has 1 fully saturated rings. The van der Waals surface area contributed by atoms with Crippen LogP contribution in [0.3, 0.4) is 0 Å². The van der Waals surface area contributed by atoms with E-state index >= 15 is 0 Å². The van der Waals surface area contributed by atoms with Crippen LogP contribution in [0.15, 0.2) is 47.3 Å². The van der Waals surface area contributed by atoms with Crippen LogP contribution in [-0.2, 0) is 0 Å². The van der Waals surface area contributed by atoms with Crippen LogP contribution in [0.4, 0.5) is 10.1 Å². The lowest BCUT2D eigenvalue weighted by atomic mass is 10.1. The molecule has 1 heterocycles. The van der Waals surface area contributed by atoms with E-state index in [0.717, 1.165) is 0 Å². The van der Waals surface area contributed by atoms with Crippen molar-refractivity contribution in [1.82, 2.24) is 9.55 Å². The summed E-state index contributed by atoms with van der Waals surface area (Å²) in [5.41, 5.74) is 7.80. The highest BCUT2D eigenvalue weighted by Gasteiger charge is 2.24. The molecule has 2 N–H and O–H groups in total. The van der Waals surface area contributed by atoms with Gasteiger partial charge in [0.05, 0.1) is 24.4 Å². The summed E-state index contributed by atoms with van der Waals surface area (Å²) >= 11 is 0. The van der Waals surface area contributed by atoms with Crippen LogP contribution in [0.25, 0.3) is 21.9 Å². The third-order valence-electron chi connectivity index (χ3n) is 5.38. The Morgan fingerprint density at radius 2 is 2.00 bits per heavy atom. The highest BCUT2D eigenvalue weighted by atomic mass is 19.1. The number of nitrogens with zero attached hydrogens (tertiary/aromatic N) is 3. The minimum atomic E-state index is -0.663. The molecule has 0 spiro atoms. The van der Waals surface area contributed by atoms with E-state index in [9.17, 15) is 9.18 Å². The molecule has 31 heavy (non-hydrogen) atoms. The summed E-state index contributed by atoms with van der Waals surface area (Å²) in [6.07, 6.45) is 3.00. The normalized spacial score (nSPS) is 13.1. The topological polar surface area (TPSA) is 74.5 Å². The molecule has 3 aromatic rings. The van der Waals surface area contributed by atoms with Crippen molar-refractivity contribution in [3.8, 4) is 23.0 Å². The van der Waals surface area contributed by atoms with E-state index in [-0.39, 0.29) is 23.0 Å². The molecule has 1 aliphatic carbocycles. The van der Waals surface area contributed by atoms with Gasteiger partial charge >= 0.3 is 0 Å². The summed E-state index contributed by atoms with van der Waals surface area (Å²) in [7, 11) is 0. The van der Waals surface area contributed by atoms with E-state index < -0.39 is 5.82 Å². The molecule has 0 aliphatic heterocycles. The van der Waals surface area contributed by atoms with Gasteiger partial charge < -0.3 is 10.5 Å². The van der Waals surface area contributed by atoms with Crippen molar-refractivity contribution >= 4 is 5.69 Å². The van der Waals surface area contributed by atoms with E-state index in [2.05, 4.69) is 9.83 Å². The average Bonchev–Trinajstić information content (AvgIpc) is 3.62. The molecule has 1 aromatic heterocycles. The van der Waals surface area contributed by atoms with Crippen LogP contribution in [0.5, 0.6) is 5.88 Å². The number of nitrogens with two attached hydrogens (primary N) is 1. The molecule has 0 saturated heterocycles. The molecule has 158 valence electrons. The lowest BCUT2D eigenvalue weighted by molar-refractivity contribution is 0.298. The molecule has 0 bridgehead atoms. The van der Waals surface area contributed by atoms with E-state index in [4.69, 9.17) is 17.0 Å². The maximum absolute atomic E-state index is 14.4. The molecule has 0 amide bonds. The first kappa shape index (κ1) is 20.8. The Morgan fingerprint density at radius 1 is 1.26 bits per heavy atom. The van der Waals surface area contributed by atoms with Gasteiger partial charge in [0, 0.05) is 5.56 Å². The monoisotopic (exact) mass is 418 g/mol. The fourth-order valence-electron chi connectivity index (χ4n) is 3.46. The highest BCUT2D eigenvalue weighted by Crippen LogP contribution is 2.40. The van der Waals surface area contributed by atoms with E-state index in [0.29, 0.717) is 42.3 Å². The van der Waals surface area contributed by atoms with Crippen LogP contribution in [0.1, 0.15) is 36.3 Å². The number of ether oxygens (including phenoxy) is 1. The van der Waals surface area contributed by atoms with Gasteiger partial charge in [-0.1, -0.05) is 24.3 Å². The Kier molecular flexibility index (Phi) is 5.83. The van der Waals surface area contributed by atoms with Gasteiger partial charge in [0.25, 0.3) is 5.56 Å². The van der Waals surface area contributed by atoms with Gasteiger partial charge in [-0.05, 0) is 62.4 Å². The van der Waals surface area contributed by atoms with Crippen LogP contribution in [-0.4, -0.2) is 22.7 Å². The maximum Gasteiger partial charge on any atom is 0.265 e. The number of halogens is 1. The van der Waals surface area contributed by atoms with Crippen molar-refractivity contribution in [3.05, 3.63) is 81.2 Å². The van der Waals surface area contributed by atoms with Gasteiger partial charge in [0.15, 0.2) is 5.82 Å². The Labute approximate surface area is 179 Å². The van der Waals surface area contributed by atoms with Gasteiger partial charge in [-0.15, -0.1) is 0 Å².